The summed E-state index contributed by atoms with van der Waals surface area (Å²) in [6, 6.07) is 0. The van der Waals surface area contributed by atoms with E-state index in [1.807, 2.05) is 0 Å². The molecular formula is C14H27NO. The molecule has 1 saturated carbocycles. The lowest BCUT2D eigenvalue weighted by Gasteiger charge is -2.08. The third-order valence-electron chi connectivity index (χ3n) is 3.61. The van der Waals surface area contributed by atoms with E-state index in [2.05, 4.69) is 12.2 Å². The Labute approximate surface area is 100 Å². The third kappa shape index (κ3) is 6.14. The summed E-state index contributed by atoms with van der Waals surface area (Å²) >= 11 is 0. The van der Waals surface area contributed by atoms with Gasteiger partial charge in [0, 0.05) is 13.0 Å². The molecule has 0 atom stereocenters. The molecule has 1 fully saturated rings. The zero-order valence-corrected chi connectivity index (χ0v) is 10.8. The maximum atomic E-state index is 11.5. The molecule has 0 heterocycles. The van der Waals surface area contributed by atoms with Crippen molar-refractivity contribution in [2.24, 2.45) is 5.92 Å². The maximum Gasteiger partial charge on any atom is 0.220 e. The first-order valence-corrected chi connectivity index (χ1v) is 7.09. The first-order chi connectivity index (χ1) is 7.83. The first-order valence-electron chi connectivity index (χ1n) is 7.09. The predicted octanol–water partition coefficient (Wildman–Crippen LogP) is 3.65. The van der Waals surface area contributed by atoms with Crippen LogP contribution < -0.4 is 5.32 Å². The average Bonchev–Trinajstić information content (AvgIpc) is 2.79. The van der Waals surface area contributed by atoms with Gasteiger partial charge in [-0.15, -0.1) is 0 Å². The lowest BCUT2D eigenvalue weighted by atomic mass is 10.0. The van der Waals surface area contributed by atoms with Crippen molar-refractivity contribution in [2.45, 2.75) is 71.1 Å². The Morgan fingerprint density at radius 3 is 2.62 bits per heavy atom. The standard InChI is InChI=1S/C14H27NO/c1-2-3-4-7-12-15-14(16)11-10-13-8-5-6-9-13/h13H,2-12H2,1H3,(H,15,16). The monoisotopic (exact) mass is 225 g/mol. The summed E-state index contributed by atoms with van der Waals surface area (Å²) in [6.45, 7) is 3.09. The van der Waals surface area contributed by atoms with Crippen molar-refractivity contribution in [3.8, 4) is 0 Å². The molecule has 2 heteroatoms. The second-order valence-electron chi connectivity index (χ2n) is 5.10. The number of unbranched alkanes of at least 4 members (excludes halogenated alkanes) is 3. The van der Waals surface area contributed by atoms with Gasteiger partial charge in [-0.3, -0.25) is 4.79 Å². The quantitative estimate of drug-likeness (QED) is 0.628. The van der Waals surface area contributed by atoms with E-state index in [-0.39, 0.29) is 5.91 Å². The lowest BCUT2D eigenvalue weighted by Crippen LogP contribution is -2.24. The number of amides is 1. The van der Waals surface area contributed by atoms with Crippen LogP contribution in [0.4, 0.5) is 0 Å². The molecule has 0 unspecified atom stereocenters. The van der Waals surface area contributed by atoms with Crippen LogP contribution in [-0.2, 0) is 4.79 Å². The molecule has 1 aliphatic rings. The molecule has 1 aliphatic carbocycles. The van der Waals surface area contributed by atoms with Gasteiger partial charge in [0.25, 0.3) is 0 Å². The van der Waals surface area contributed by atoms with Gasteiger partial charge in [0.05, 0.1) is 0 Å². The molecule has 0 bridgehead atoms. The van der Waals surface area contributed by atoms with Gasteiger partial charge in [-0.25, -0.2) is 0 Å². The maximum absolute atomic E-state index is 11.5. The molecule has 0 aromatic heterocycles. The highest BCUT2D eigenvalue weighted by molar-refractivity contribution is 5.75. The fraction of sp³-hybridized carbons (Fsp3) is 0.929. The molecule has 0 aromatic carbocycles. The van der Waals surface area contributed by atoms with Gasteiger partial charge >= 0.3 is 0 Å². The summed E-state index contributed by atoms with van der Waals surface area (Å²) in [5.74, 6) is 1.11. The van der Waals surface area contributed by atoms with Gasteiger partial charge in [0.2, 0.25) is 5.91 Å². The van der Waals surface area contributed by atoms with E-state index in [9.17, 15) is 4.79 Å². The van der Waals surface area contributed by atoms with Crippen molar-refractivity contribution in [3.63, 3.8) is 0 Å². The normalized spacial score (nSPS) is 16.6. The number of nitrogens with one attached hydrogen (secondary N) is 1. The summed E-state index contributed by atoms with van der Waals surface area (Å²) in [5, 5.41) is 3.03. The van der Waals surface area contributed by atoms with E-state index in [1.165, 1.54) is 44.9 Å². The van der Waals surface area contributed by atoms with Crippen molar-refractivity contribution in [1.29, 1.82) is 0 Å². The Bertz CT molecular complexity index is 185. The minimum atomic E-state index is 0.267. The van der Waals surface area contributed by atoms with Crippen molar-refractivity contribution in [2.75, 3.05) is 6.54 Å². The zero-order chi connectivity index (χ0) is 11.6. The van der Waals surface area contributed by atoms with E-state index >= 15 is 0 Å². The van der Waals surface area contributed by atoms with Crippen LogP contribution in [0.2, 0.25) is 0 Å². The van der Waals surface area contributed by atoms with Crippen LogP contribution in [-0.4, -0.2) is 12.5 Å². The summed E-state index contributed by atoms with van der Waals surface area (Å²) < 4.78 is 0. The number of hydrogen-bond acceptors (Lipinski definition) is 1. The highest BCUT2D eigenvalue weighted by Gasteiger charge is 2.15. The van der Waals surface area contributed by atoms with E-state index in [1.54, 1.807) is 0 Å². The van der Waals surface area contributed by atoms with Crippen LogP contribution >= 0.6 is 0 Å². The second-order valence-corrected chi connectivity index (χ2v) is 5.10. The molecule has 0 spiro atoms. The highest BCUT2D eigenvalue weighted by atomic mass is 16.1. The Morgan fingerprint density at radius 1 is 1.19 bits per heavy atom. The predicted molar refractivity (Wildman–Crippen MR) is 68.3 cm³/mol. The van der Waals surface area contributed by atoms with Gasteiger partial charge in [-0.2, -0.15) is 0 Å². The molecule has 0 aliphatic heterocycles. The summed E-state index contributed by atoms with van der Waals surface area (Å²) in [5.41, 5.74) is 0. The van der Waals surface area contributed by atoms with Gasteiger partial charge in [0.15, 0.2) is 0 Å². The fourth-order valence-corrected chi connectivity index (χ4v) is 2.50. The van der Waals surface area contributed by atoms with Crippen molar-refractivity contribution in [1.82, 2.24) is 5.32 Å². The van der Waals surface area contributed by atoms with E-state index < -0.39 is 0 Å². The fourth-order valence-electron chi connectivity index (χ4n) is 2.50. The minimum Gasteiger partial charge on any atom is -0.356 e. The Balaban J connectivity index is 1.90. The molecule has 16 heavy (non-hydrogen) atoms. The summed E-state index contributed by atoms with van der Waals surface area (Å²) in [7, 11) is 0. The van der Waals surface area contributed by atoms with Gasteiger partial charge < -0.3 is 5.32 Å². The molecule has 0 saturated heterocycles. The smallest absolute Gasteiger partial charge is 0.220 e. The topological polar surface area (TPSA) is 29.1 Å². The first kappa shape index (κ1) is 13.5. The van der Waals surface area contributed by atoms with Crippen LogP contribution in [0, 0.1) is 5.92 Å². The Morgan fingerprint density at radius 2 is 1.94 bits per heavy atom. The highest BCUT2D eigenvalue weighted by Crippen LogP contribution is 2.28. The Kier molecular flexibility index (Phi) is 7.28. The zero-order valence-electron chi connectivity index (χ0n) is 10.8. The molecule has 0 aromatic rings. The average molecular weight is 225 g/mol. The van der Waals surface area contributed by atoms with Crippen LogP contribution in [0.15, 0.2) is 0 Å². The molecule has 0 radical (unpaired) electrons. The van der Waals surface area contributed by atoms with Crippen LogP contribution in [0.25, 0.3) is 0 Å². The van der Waals surface area contributed by atoms with Crippen molar-refractivity contribution in [3.05, 3.63) is 0 Å². The van der Waals surface area contributed by atoms with E-state index in [0.29, 0.717) is 0 Å². The number of carbonyl (C=O) groups is 1. The van der Waals surface area contributed by atoms with Crippen molar-refractivity contribution >= 4 is 5.91 Å². The molecular weight excluding hydrogens is 198 g/mol. The van der Waals surface area contributed by atoms with E-state index in [0.717, 1.165) is 31.7 Å². The van der Waals surface area contributed by atoms with Gasteiger partial charge in [0.1, 0.15) is 0 Å². The summed E-state index contributed by atoms with van der Waals surface area (Å²) in [6.07, 6.45) is 12.3. The van der Waals surface area contributed by atoms with Crippen LogP contribution in [0.5, 0.6) is 0 Å². The summed E-state index contributed by atoms with van der Waals surface area (Å²) in [4.78, 5) is 11.5. The SMILES string of the molecule is CCCCCCNC(=O)CCC1CCCC1. The minimum absolute atomic E-state index is 0.267. The second kappa shape index (κ2) is 8.60. The number of hydrogen-bond donors (Lipinski definition) is 1. The molecule has 1 amide bonds. The van der Waals surface area contributed by atoms with Crippen LogP contribution in [0.1, 0.15) is 71.1 Å². The Hall–Kier alpha value is -0.530. The van der Waals surface area contributed by atoms with Crippen LogP contribution in [0.3, 0.4) is 0 Å². The van der Waals surface area contributed by atoms with Gasteiger partial charge in [-0.1, -0.05) is 51.9 Å². The molecule has 1 N–H and O–H groups in total. The number of carbonyl (C=O) groups excluding carboxylic acids is 1. The van der Waals surface area contributed by atoms with E-state index in [4.69, 9.17) is 0 Å². The largest absolute Gasteiger partial charge is 0.356 e. The van der Waals surface area contributed by atoms with Crippen molar-refractivity contribution < 1.29 is 4.79 Å². The van der Waals surface area contributed by atoms with Gasteiger partial charge in [-0.05, 0) is 18.8 Å². The molecule has 2 nitrogen and oxygen atoms in total. The third-order valence-corrected chi connectivity index (χ3v) is 3.61. The molecule has 94 valence electrons. The lowest BCUT2D eigenvalue weighted by molar-refractivity contribution is -0.121. The molecule has 1 rings (SSSR count). The number of rotatable bonds is 8.